The number of benzene rings is 1. The van der Waals surface area contributed by atoms with Crippen molar-refractivity contribution in [1.82, 2.24) is 14.5 Å². The second-order valence-corrected chi connectivity index (χ2v) is 9.52. The lowest BCUT2D eigenvalue weighted by Gasteiger charge is -2.29. The molecule has 0 amide bonds. The molecule has 3 aromatic rings. The molecular weight excluding hydrogens is 469 g/mol. The topological polar surface area (TPSA) is 50.6 Å². The molecule has 0 saturated carbocycles. The maximum absolute atomic E-state index is 12.6. The van der Waals surface area contributed by atoms with E-state index in [0.717, 1.165) is 41.9 Å². The molecule has 3 atom stereocenters. The molecule has 2 aromatic heterocycles. The van der Waals surface area contributed by atoms with Gasteiger partial charge < -0.3 is 14.2 Å². The summed E-state index contributed by atoms with van der Waals surface area (Å²) in [4.78, 5) is 21.7. The number of hydrogen-bond acceptors (Lipinski definition) is 5. The summed E-state index contributed by atoms with van der Waals surface area (Å²) in [6, 6.07) is 11.4. The third kappa shape index (κ3) is 4.34. The Bertz CT molecular complexity index is 1280. The Kier molecular flexibility index (Phi) is 5.72. The number of aryl methyl sites for hydroxylation is 1. The minimum atomic E-state index is -4.69. The molecule has 0 N–H and O–H groups in total. The zero-order valence-corrected chi connectivity index (χ0v) is 19.5. The van der Waals surface area contributed by atoms with Crippen molar-refractivity contribution in [3.8, 4) is 5.75 Å². The van der Waals surface area contributed by atoms with Crippen molar-refractivity contribution in [2.45, 2.75) is 25.9 Å². The predicted molar refractivity (Wildman–Crippen MR) is 124 cm³/mol. The minimum Gasteiger partial charge on any atom is -0.406 e. The molecule has 180 valence electrons. The number of rotatable bonds is 4. The smallest absolute Gasteiger partial charge is 0.406 e. The maximum Gasteiger partial charge on any atom is 0.573 e. The van der Waals surface area contributed by atoms with Gasteiger partial charge >= 0.3 is 6.36 Å². The van der Waals surface area contributed by atoms with E-state index in [0.29, 0.717) is 23.5 Å². The first-order valence-corrected chi connectivity index (χ1v) is 11.5. The van der Waals surface area contributed by atoms with Crippen molar-refractivity contribution in [3.63, 3.8) is 0 Å². The second kappa shape index (κ2) is 8.46. The van der Waals surface area contributed by atoms with Gasteiger partial charge in [-0.15, -0.1) is 13.2 Å². The average Bonchev–Trinajstić information content (AvgIpc) is 3.29. The van der Waals surface area contributed by atoms with Crippen LogP contribution in [-0.2, 0) is 13.6 Å². The number of likely N-dealkylation sites (tertiary alicyclic amines) is 1. The molecule has 2 saturated heterocycles. The van der Waals surface area contributed by atoms with E-state index in [-0.39, 0.29) is 17.4 Å². The van der Waals surface area contributed by atoms with Crippen LogP contribution in [0, 0.1) is 11.8 Å². The molecule has 0 radical (unpaired) electrons. The molecule has 2 fully saturated rings. The van der Waals surface area contributed by atoms with Crippen LogP contribution in [-0.4, -0.2) is 46.5 Å². The SMILES string of the molecule is C[C@@H]1[C@H]2CN(Cc3ccc(OC(F)(F)F)cc3)C[C@H]2CN1c1cc(=O)n(C)c2ccc(Cl)nc12. The molecule has 6 nitrogen and oxygen atoms in total. The fourth-order valence-corrected chi connectivity index (χ4v) is 5.53. The van der Waals surface area contributed by atoms with Crippen LogP contribution in [0.2, 0.25) is 5.15 Å². The summed E-state index contributed by atoms with van der Waals surface area (Å²) in [6.45, 7) is 5.39. The Balaban J connectivity index is 1.31. The summed E-state index contributed by atoms with van der Waals surface area (Å²) >= 11 is 6.17. The van der Waals surface area contributed by atoms with Crippen LogP contribution in [0.4, 0.5) is 18.9 Å². The Morgan fingerprint density at radius 2 is 1.85 bits per heavy atom. The van der Waals surface area contributed by atoms with Crippen LogP contribution in [0.3, 0.4) is 0 Å². The highest BCUT2D eigenvalue weighted by atomic mass is 35.5. The van der Waals surface area contributed by atoms with Gasteiger partial charge in [0.15, 0.2) is 0 Å². The Labute approximate surface area is 199 Å². The summed E-state index contributed by atoms with van der Waals surface area (Å²) in [5, 5.41) is 0.386. The fraction of sp³-hybridized carbons (Fsp3) is 0.417. The normalized spacial score (nSPS) is 23.0. The molecule has 2 aliphatic heterocycles. The van der Waals surface area contributed by atoms with Gasteiger partial charge in [-0.05, 0) is 48.6 Å². The molecule has 0 spiro atoms. The van der Waals surface area contributed by atoms with Gasteiger partial charge in [0.1, 0.15) is 16.4 Å². The number of nitrogens with zero attached hydrogens (tertiary/aromatic N) is 4. The van der Waals surface area contributed by atoms with E-state index in [2.05, 4.69) is 26.4 Å². The monoisotopic (exact) mass is 492 g/mol. The third-order valence-electron chi connectivity index (χ3n) is 7.02. The minimum absolute atomic E-state index is 0.0875. The molecular formula is C24H24ClF3N4O2. The maximum atomic E-state index is 12.6. The van der Waals surface area contributed by atoms with Gasteiger partial charge in [-0.25, -0.2) is 4.98 Å². The number of ether oxygens (including phenoxy) is 1. The van der Waals surface area contributed by atoms with Gasteiger partial charge in [0.2, 0.25) is 0 Å². The molecule has 0 unspecified atom stereocenters. The van der Waals surface area contributed by atoms with E-state index in [1.807, 2.05) is 6.07 Å². The lowest BCUT2D eigenvalue weighted by atomic mass is 9.95. The molecule has 0 aliphatic carbocycles. The van der Waals surface area contributed by atoms with Gasteiger partial charge in [-0.3, -0.25) is 9.69 Å². The Morgan fingerprint density at radius 1 is 1.12 bits per heavy atom. The summed E-state index contributed by atoms with van der Waals surface area (Å²) < 4.78 is 42.7. The van der Waals surface area contributed by atoms with E-state index >= 15 is 0 Å². The first-order chi connectivity index (χ1) is 16.1. The van der Waals surface area contributed by atoms with Gasteiger partial charge in [-0.2, -0.15) is 0 Å². The van der Waals surface area contributed by atoms with Crippen molar-refractivity contribution >= 4 is 28.3 Å². The van der Waals surface area contributed by atoms with Crippen molar-refractivity contribution in [1.29, 1.82) is 0 Å². The highest BCUT2D eigenvalue weighted by molar-refractivity contribution is 6.29. The van der Waals surface area contributed by atoms with E-state index < -0.39 is 6.36 Å². The van der Waals surface area contributed by atoms with Gasteiger partial charge in [0, 0.05) is 45.3 Å². The lowest BCUT2D eigenvalue weighted by molar-refractivity contribution is -0.274. The van der Waals surface area contributed by atoms with Crippen LogP contribution in [0.25, 0.3) is 11.0 Å². The highest BCUT2D eigenvalue weighted by Gasteiger charge is 2.45. The molecule has 4 heterocycles. The molecule has 34 heavy (non-hydrogen) atoms. The first-order valence-electron chi connectivity index (χ1n) is 11.1. The van der Waals surface area contributed by atoms with Crippen molar-refractivity contribution in [2.24, 2.45) is 18.9 Å². The van der Waals surface area contributed by atoms with Crippen LogP contribution in [0.15, 0.2) is 47.3 Å². The zero-order valence-electron chi connectivity index (χ0n) is 18.7. The van der Waals surface area contributed by atoms with Gasteiger partial charge in [0.25, 0.3) is 5.56 Å². The molecule has 2 aliphatic rings. The largest absolute Gasteiger partial charge is 0.573 e. The first kappa shape index (κ1) is 23.0. The number of aromatic nitrogens is 2. The quantitative estimate of drug-likeness (QED) is 0.504. The average molecular weight is 493 g/mol. The van der Waals surface area contributed by atoms with Gasteiger partial charge in [0.05, 0.1) is 11.2 Å². The van der Waals surface area contributed by atoms with Crippen LogP contribution < -0.4 is 15.2 Å². The van der Waals surface area contributed by atoms with E-state index in [9.17, 15) is 18.0 Å². The highest BCUT2D eigenvalue weighted by Crippen LogP contribution is 2.40. The van der Waals surface area contributed by atoms with Crippen LogP contribution in [0.1, 0.15) is 12.5 Å². The van der Waals surface area contributed by atoms with Crippen LogP contribution >= 0.6 is 11.6 Å². The van der Waals surface area contributed by atoms with Crippen molar-refractivity contribution in [3.05, 3.63) is 63.5 Å². The Morgan fingerprint density at radius 3 is 2.53 bits per heavy atom. The number of anilines is 1. The zero-order chi connectivity index (χ0) is 24.2. The van der Waals surface area contributed by atoms with Crippen molar-refractivity contribution in [2.75, 3.05) is 24.5 Å². The summed E-state index contributed by atoms with van der Waals surface area (Å²) in [5.74, 6) is 0.612. The number of halogens is 4. The van der Waals surface area contributed by atoms with E-state index in [4.69, 9.17) is 11.6 Å². The number of hydrogen-bond donors (Lipinski definition) is 0. The summed E-state index contributed by atoms with van der Waals surface area (Å²) in [6.07, 6.45) is -4.69. The summed E-state index contributed by atoms with van der Waals surface area (Å²) in [7, 11) is 1.73. The predicted octanol–water partition coefficient (Wildman–Crippen LogP) is 4.44. The Hall–Kier alpha value is -2.78. The number of pyridine rings is 2. The van der Waals surface area contributed by atoms with E-state index in [1.54, 1.807) is 35.9 Å². The standard InChI is InChI=1S/C24H24ClF3N4O2/c1-14-18-13-31(10-15-3-5-17(6-4-15)34-24(26,27)28)11-16(18)12-32(14)20-9-22(33)30(2)19-7-8-21(25)29-23(19)20/h3-9,14,16,18H,10-13H2,1-2H3/t14-,16+,18-/m1/s1. The lowest BCUT2D eigenvalue weighted by Crippen LogP contribution is -2.35. The number of fused-ring (bicyclic) bond motifs is 2. The second-order valence-electron chi connectivity index (χ2n) is 9.13. The van der Waals surface area contributed by atoms with Gasteiger partial charge in [-0.1, -0.05) is 23.7 Å². The van der Waals surface area contributed by atoms with Crippen LogP contribution in [0.5, 0.6) is 5.75 Å². The fourth-order valence-electron chi connectivity index (χ4n) is 5.39. The summed E-state index contributed by atoms with van der Waals surface area (Å²) in [5.41, 5.74) is 3.13. The molecule has 0 bridgehead atoms. The van der Waals surface area contributed by atoms with E-state index in [1.165, 1.54) is 12.1 Å². The number of alkyl halides is 3. The molecule has 5 rings (SSSR count). The van der Waals surface area contributed by atoms with Crippen molar-refractivity contribution < 1.29 is 17.9 Å². The molecule has 10 heteroatoms. The molecule has 1 aromatic carbocycles. The third-order valence-corrected chi connectivity index (χ3v) is 7.23.